The fraction of sp³-hybridized carbons (Fsp3) is 0.333. The number of benzene rings is 2. The largest absolute Gasteiger partial charge is 0.435 e. The highest BCUT2D eigenvalue weighted by Crippen LogP contribution is 2.29. The van der Waals surface area contributed by atoms with Gasteiger partial charge in [-0.25, -0.2) is 0 Å². The number of nitrogens with one attached hydrogen (secondary N) is 1. The smallest absolute Gasteiger partial charge is 0.387 e. The number of halogens is 2. The van der Waals surface area contributed by atoms with Gasteiger partial charge in [-0.15, -0.1) is 10.2 Å². The van der Waals surface area contributed by atoms with Crippen molar-refractivity contribution in [3.63, 3.8) is 0 Å². The molecular weight excluding hydrogens is 362 g/mol. The van der Waals surface area contributed by atoms with E-state index in [0.717, 1.165) is 43.0 Å². The second-order valence-electron chi connectivity index (χ2n) is 6.88. The molecule has 1 aromatic heterocycles. The Kier molecular flexibility index (Phi) is 5.62. The highest BCUT2D eigenvalue weighted by molar-refractivity contribution is 5.57. The molecule has 0 aliphatic carbocycles. The molecular formula is C21H22F2N4O. The van der Waals surface area contributed by atoms with Crippen molar-refractivity contribution in [2.45, 2.75) is 38.5 Å². The highest BCUT2D eigenvalue weighted by atomic mass is 19.3. The molecule has 28 heavy (non-hydrogen) atoms. The van der Waals surface area contributed by atoms with Gasteiger partial charge >= 0.3 is 6.61 Å². The number of aryl methyl sites for hydroxylation is 1. The zero-order valence-electron chi connectivity index (χ0n) is 15.4. The molecule has 1 aliphatic heterocycles. The minimum absolute atomic E-state index is 0.137. The Morgan fingerprint density at radius 3 is 2.61 bits per heavy atom. The van der Waals surface area contributed by atoms with Crippen LogP contribution in [0.25, 0.3) is 11.4 Å². The van der Waals surface area contributed by atoms with Gasteiger partial charge in [0.1, 0.15) is 11.6 Å². The molecule has 7 heteroatoms. The fourth-order valence-electron chi connectivity index (χ4n) is 3.67. The quantitative estimate of drug-likeness (QED) is 0.663. The molecule has 1 unspecified atom stereocenters. The lowest BCUT2D eigenvalue weighted by Crippen LogP contribution is -2.33. The number of hydrogen-bond donors (Lipinski definition) is 1. The number of fused-ring (bicyclic) bond motifs is 1. The van der Waals surface area contributed by atoms with Crippen molar-refractivity contribution >= 4 is 0 Å². The van der Waals surface area contributed by atoms with Gasteiger partial charge in [0.15, 0.2) is 5.82 Å². The van der Waals surface area contributed by atoms with Crippen molar-refractivity contribution in [1.82, 2.24) is 20.1 Å². The molecule has 0 bridgehead atoms. The normalized spacial score (nSPS) is 16.2. The SMILES string of the molecule is FC(F)Oc1ccc(-c2nnc3n2C(CCCc2ccccc2)CNC3)cc1. The summed E-state index contributed by atoms with van der Waals surface area (Å²) in [4.78, 5) is 0. The molecule has 1 atom stereocenters. The van der Waals surface area contributed by atoms with Crippen LogP contribution in [0.1, 0.15) is 30.3 Å². The van der Waals surface area contributed by atoms with Gasteiger partial charge in [0.05, 0.1) is 6.54 Å². The van der Waals surface area contributed by atoms with Crippen LogP contribution in [-0.4, -0.2) is 27.9 Å². The number of alkyl halides is 2. The lowest BCUT2D eigenvalue weighted by atomic mass is 10.0. The Morgan fingerprint density at radius 2 is 1.86 bits per heavy atom. The molecule has 4 rings (SSSR count). The Balaban J connectivity index is 1.49. The first-order valence-corrected chi connectivity index (χ1v) is 9.44. The van der Waals surface area contributed by atoms with Crippen LogP contribution in [0, 0.1) is 0 Å². The van der Waals surface area contributed by atoms with Crippen molar-refractivity contribution in [2.75, 3.05) is 6.54 Å². The molecule has 0 fully saturated rings. The summed E-state index contributed by atoms with van der Waals surface area (Å²) in [6.07, 6.45) is 3.10. The van der Waals surface area contributed by atoms with Crippen molar-refractivity contribution in [2.24, 2.45) is 0 Å². The van der Waals surface area contributed by atoms with Crippen LogP contribution in [0.15, 0.2) is 54.6 Å². The predicted octanol–water partition coefficient (Wildman–Crippen LogP) is 4.21. The first-order chi connectivity index (χ1) is 13.7. The summed E-state index contributed by atoms with van der Waals surface area (Å²) < 4.78 is 31.3. The summed E-state index contributed by atoms with van der Waals surface area (Å²) in [5, 5.41) is 12.1. The second kappa shape index (κ2) is 8.48. The van der Waals surface area contributed by atoms with Gasteiger partial charge in [-0.05, 0) is 49.1 Å². The number of aromatic nitrogens is 3. The maximum absolute atomic E-state index is 12.4. The first-order valence-electron chi connectivity index (χ1n) is 9.44. The third kappa shape index (κ3) is 4.20. The molecule has 1 aliphatic rings. The van der Waals surface area contributed by atoms with E-state index in [9.17, 15) is 8.78 Å². The molecule has 5 nitrogen and oxygen atoms in total. The van der Waals surface area contributed by atoms with Gasteiger partial charge in [-0.1, -0.05) is 30.3 Å². The average molecular weight is 384 g/mol. The molecule has 0 amide bonds. The van der Waals surface area contributed by atoms with E-state index in [1.54, 1.807) is 12.1 Å². The molecule has 0 spiro atoms. The Bertz CT molecular complexity index is 897. The van der Waals surface area contributed by atoms with E-state index in [1.165, 1.54) is 17.7 Å². The lowest BCUT2D eigenvalue weighted by molar-refractivity contribution is -0.0498. The molecule has 3 aromatic rings. The summed E-state index contributed by atoms with van der Waals surface area (Å²) in [5.74, 6) is 1.81. The second-order valence-corrected chi connectivity index (χ2v) is 6.88. The van der Waals surface area contributed by atoms with Crippen LogP contribution < -0.4 is 10.1 Å². The van der Waals surface area contributed by atoms with Crippen molar-refractivity contribution in [3.05, 3.63) is 66.0 Å². The number of ether oxygens (including phenoxy) is 1. The topological polar surface area (TPSA) is 52.0 Å². The summed E-state index contributed by atoms with van der Waals surface area (Å²) in [5.41, 5.74) is 2.18. The highest BCUT2D eigenvalue weighted by Gasteiger charge is 2.25. The minimum atomic E-state index is -2.83. The maximum atomic E-state index is 12.4. The number of hydrogen-bond acceptors (Lipinski definition) is 4. The average Bonchev–Trinajstić information content (AvgIpc) is 3.14. The maximum Gasteiger partial charge on any atom is 0.387 e. The number of nitrogens with zero attached hydrogens (tertiary/aromatic N) is 3. The molecule has 2 heterocycles. The predicted molar refractivity (Wildman–Crippen MR) is 102 cm³/mol. The van der Waals surface area contributed by atoms with Crippen LogP contribution in [0.5, 0.6) is 5.75 Å². The van der Waals surface area contributed by atoms with Gasteiger partial charge in [0.25, 0.3) is 0 Å². The third-order valence-electron chi connectivity index (χ3n) is 4.98. The van der Waals surface area contributed by atoms with Gasteiger partial charge in [0, 0.05) is 18.2 Å². The van der Waals surface area contributed by atoms with Crippen LogP contribution in [0.4, 0.5) is 8.78 Å². The molecule has 2 aromatic carbocycles. The van der Waals surface area contributed by atoms with Crippen LogP contribution in [0.3, 0.4) is 0 Å². The van der Waals surface area contributed by atoms with Crippen molar-refractivity contribution < 1.29 is 13.5 Å². The standard InChI is InChI=1S/C21H22F2N4O/c22-21(23)28-18-11-9-16(10-12-18)20-26-25-19-14-24-13-17(27(19)20)8-4-7-15-5-2-1-3-6-15/h1-3,5-6,9-12,17,21,24H,4,7-8,13-14H2. The lowest BCUT2D eigenvalue weighted by Gasteiger charge is -2.27. The zero-order chi connectivity index (χ0) is 19.3. The Hall–Kier alpha value is -2.80. The van der Waals surface area contributed by atoms with E-state index in [4.69, 9.17) is 0 Å². The van der Waals surface area contributed by atoms with Crippen molar-refractivity contribution in [1.29, 1.82) is 0 Å². The van der Waals surface area contributed by atoms with Gasteiger partial charge in [-0.2, -0.15) is 8.78 Å². The fourth-order valence-corrected chi connectivity index (χ4v) is 3.67. The molecule has 0 saturated carbocycles. The zero-order valence-corrected chi connectivity index (χ0v) is 15.4. The Morgan fingerprint density at radius 1 is 1.07 bits per heavy atom. The van der Waals surface area contributed by atoms with Crippen LogP contribution in [-0.2, 0) is 13.0 Å². The van der Waals surface area contributed by atoms with Gasteiger partial charge in [-0.3, -0.25) is 0 Å². The summed E-state index contributed by atoms with van der Waals surface area (Å²) >= 11 is 0. The van der Waals surface area contributed by atoms with E-state index in [1.807, 2.05) is 6.07 Å². The van der Waals surface area contributed by atoms with E-state index in [0.29, 0.717) is 6.54 Å². The van der Waals surface area contributed by atoms with E-state index >= 15 is 0 Å². The van der Waals surface area contributed by atoms with E-state index < -0.39 is 6.61 Å². The molecule has 146 valence electrons. The van der Waals surface area contributed by atoms with Crippen LogP contribution >= 0.6 is 0 Å². The molecule has 0 radical (unpaired) electrons. The van der Waals surface area contributed by atoms with Gasteiger partial charge in [0.2, 0.25) is 0 Å². The number of rotatable bonds is 7. The van der Waals surface area contributed by atoms with Gasteiger partial charge < -0.3 is 14.6 Å². The monoisotopic (exact) mass is 384 g/mol. The third-order valence-corrected chi connectivity index (χ3v) is 4.98. The van der Waals surface area contributed by atoms with Crippen LogP contribution in [0.2, 0.25) is 0 Å². The minimum Gasteiger partial charge on any atom is -0.435 e. The Labute approximate surface area is 162 Å². The summed E-state index contributed by atoms with van der Waals surface area (Å²) in [6.45, 7) is -1.29. The summed E-state index contributed by atoms with van der Waals surface area (Å²) in [7, 11) is 0. The molecule has 1 N–H and O–H groups in total. The van der Waals surface area contributed by atoms with E-state index in [2.05, 4.69) is 49.1 Å². The first kappa shape index (κ1) is 18.6. The van der Waals surface area contributed by atoms with Crippen molar-refractivity contribution in [3.8, 4) is 17.1 Å². The van der Waals surface area contributed by atoms with E-state index in [-0.39, 0.29) is 11.8 Å². The summed E-state index contributed by atoms with van der Waals surface area (Å²) in [6, 6.07) is 17.3. The molecule has 0 saturated heterocycles.